The van der Waals surface area contributed by atoms with Gasteiger partial charge < -0.3 is 5.32 Å². The SMILES string of the molecule is CC[C@H](Br)C(=O)NC1CCCC1. The smallest absolute Gasteiger partial charge is 0.233 e. The summed E-state index contributed by atoms with van der Waals surface area (Å²) in [5.74, 6) is 0.157. The molecule has 1 fully saturated rings. The van der Waals surface area contributed by atoms with Crippen LogP contribution in [0.3, 0.4) is 0 Å². The predicted octanol–water partition coefficient (Wildman–Crippen LogP) is 2.22. The lowest BCUT2D eigenvalue weighted by atomic mass is 10.2. The number of alkyl halides is 1. The molecule has 1 saturated carbocycles. The van der Waals surface area contributed by atoms with Crippen molar-refractivity contribution in [3.8, 4) is 0 Å². The number of amides is 1. The van der Waals surface area contributed by atoms with Gasteiger partial charge in [0.15, 0.2) is 0 Å². The molecule has 1 aliphatic rings. The van der Waals surface area contributed by atoms with E-state index in [1.54, 1.807) is 0 Å². The average Bonchev–Trinajstić information content (AvgIpc) is 2.55. The number of hydrogen-bond donors (Lipinski definition) is 1. The van der Waals surface area contributed by atoms with E-state index >= 15 is 0 Å². The third kappa shape index (κ3) is 2.77. The van der Waals surface area contributed by atoms with Crippen molar-refractivity contribution < 1.29 is 4.79 Å². The Labute approximate surface area is 82.2 Å². The zero-order valence-electron chi connectivity index (χ0n) is 7.48. The summed E-state index contributed by atoms with van der Waals surface area (Å²) in [6, 6.07) is 0.448. The molecule has 0 aromatic carbocycles. The fourth-order valence-corrected chi connectivity index (χ4v) is 1.68. The minimum Gasteiger partial charge on any atom is -0.352 e. The molecule has 0 aliphatic heterocycles. The van der Waals surface area contributed by atoms with Gasteiger partial charge in [-0.1, -0.05) is 35.7 Å². The van der Waals surface area contributed by atoms with E-state index in [0.29, 0.717) is 6.04 Å². The summed E-state index contributed by atoms with van der Waals surface area (Å²) in [6.45, 7) is 2.01. The molecule has 3 heteroatoms. The minimum absolute atomic E-state index is 0.00176. The lowest BCUT2D eigenvalue weighted by Gasteiger charge is -2.14. The third-order valence-electron chi connectivity index (χ3n) is 2.34. The summed E-state index contributed by atoms with van der Waals surface area (Å²) in [5.41, 5.74) is 0. The molecule has 1 atom stereocenters. The monoisotopic (exact) mass is 233 g/mol. The summed E-state index contributed by atoms with van der Waals surface area (Å²) in [6.07, 6.45) is 5.72. The maximum absolute atomic E-state index is 11.4. The maximum atomic E-state index is 11.4. The lowest BCUT2D eigenvalue weighted by molar-refractivity contribution is -0.121. The van der Waals surface area contributed by atoms with E-state index in [9.17, 15) is 4.79 Å². The maximum Gasteiger partial charge on any atom is 0.233 e. The van der Waals surface area contributed by atoms with Crippen LogP contribution in [-0.2, 0) is 4.79 Å². The second-order valence-corrected chi connectivity index (χ2v) is 4.47. The molecule has 0 aromatic heterocycles. The van der Waals surface area contributed by atoms with Gasteiger partial charge in [-0.25, -0.2) is 0 Å². The first-order valence-electron chi connectivity index (χ1n) is 4.68. The van der Waals surface area contributed by atoms with Gasteiger partial charge in [0, 0.05) is 6.04 Å². The van der Waals surface area contributed by atoms with Gasteiger partial charge in [0.05, 0.1) is 4.83 Å². The van der Waals surface area contributed by atoms with Crippen molar-refractivity contribution in [1.29, 1.82) is 0 Å². The largest absolute Gasteiger partial charge is 0.352 e. The van der Waals surface area contributed by atoms with Crippen LogP contribution >= 0.6 is 15.9 Å². The Hall–Kier alpha value is -0.0500. The molecule has 0 spiro atoms. The van der Waals surface area contributed by atoms with Crippen molar-refractivity contribution in [2.45, 2.75) is 49.9 Å². The van der Waals surface area contributed by atoms with Crippen LogP contribution in [0.2, 0.25) is 0 Å². The average molecular weight is 234 g/mol. The summed E-state index contributed by atoms with van der Waals surface area (Å²) in [7, 11) is 0. The first kappa shape index (κ1) is 10.0. The van der Waals surface area contributed by atoms with E-state index in [0.717, 1.165) is 19.3 Å². The first-order chi connectivity index (χ1) is 5.74. The van der Waals surface area contributed by atoms with Gasteiger partial charge in [0.2, 0.25) is 5.91 Å². The first-order valence-corrected chi connectivity index (χ1v) is 5.60. The second-order valence-electron chi connectivity index (χ2n) is 3.37. The van der Waals surface area contributed by atoms with Crippen LogP contribution in [0.15, 0.2) is 0 Å². The minimum atomic E-state index is -0.00176. The lowest BCUT2D eigenvalue weighted by Crippen LogP contribution is -2.37. The van der Waals surface area contributed by atoms with Gasteiger partial charge in [-0.2, -0.15) is 0 Å². The van der Waals surface area contributed by atoms with Gasteiger partial charge in [-0.15, -0.1) is 0 Å². The molecule has 12 heavy (non-hydrogen) atoms. The van der Waals surface area contributed by atoms with E-state index in [4.69, 9.17) is 0 Å². The van der Waals surface area contributed by atoms with E-state index in [2.05, 4.69) is 21.2 Å². The fourth-order valence-electron chi connectivity index (χ4n) is 1.55. The Balaban J connectivity index is 2.25. The molecule has 2 nitrogen and oxygen atoms in total. The Kier molecular flexibility index (Phi) is 4.06. The van der Waals surface area contributed by atoms with Crippen LogP contribution in [0.1, 0.15) is 39.0 Å². The normalized spacial score (nSPS) is 20.8. The molecule has 1 rings (SSSR count). The van der Waals surface area contributed by atoms with Crippen LogP contribution < -0.4 is 5.32 Å². The summed E-state index contributed by atoms with van der Waals surface area (Å²) >= 11 is 3.34. The highest BCUT2D eigenvalue weighted by Crippen LogP contribution is 2.18. The molecule has 0 bridgehead atoms. The summed E-state index contributed by atoms with van der Waals surface area (Å²) < 4.78 is 0. The molecule has 0 aromatic rings. The van der Waals surface area contributed by atoms with Crippen LogP contribution in [-0.4, -0.2) is 16.8 Å². The van der Waals surface area contributed by atoms with Crippen molar-refractivity contribution in [2.75, 3.05) is 0 Å². The molecule has 1 N–H and O–H groups in total. The third-order valence-corrected chi connectivity index (χ3v) is 3.41. The standard InChI is InChI=1S/C9H16BrNO/c1-2-8(10)9(12)11-7-5-3-4-6-7/h7-8H,2-6H2,1H3,(H,11,12)/t8-/m0/s1. The molecular formula is C9H16BrNO. The quantitative estimate of drug-likeness (QED) is 0.745. The van der Waals surface area contributed by atoms with E-state index < -0.39 is 0 Å². The number of nitrogens with one attached hydrogen (secondary N) is 1. The molecule has 0 heterocycles. The van der Waals surface area contributed by atoms with Crippen LogP contribution in [0.4, 0.5) is 0 Å². The van der Waals surface area contributed by atoms with E-state index in [1.807, 2.05) is 6.92 Å². The van der Waals surface area contributed by atoms with Gasteiger partial charge in [-0.05, 0) is 19.3 Å². The highest BCUT2D eigenvalue weighted by Gasteiger charge is 2.20. The van der Waals surface area contributed by atoms with Gasteiger partial charge in [-0.3, -0.25) is 4.79 Å². The molecule has 1 aliphatic carbocycles. The fraction of sp³-hybridized carbons (Fsp3) is 0.889. The zero-order valence-corrected chi connectivity index (χ0v) is 9.06. The number of carbonyl (C=O) groups excluding carboxylic acids is 1. The number of rotatable bonds is 3. The predicted molar refractivity (Wildman–Crippen MR) is 53.4 cm³/mol. The van der Waals surface area contributed by atoms with E-state index in [1.165, 1.54) is 12.8 Å². The van der Waals surface area contributed by atoms with Crippen molar-refractivity contribution in [3.05, 3.63) is 0 Å². The topological polar surface area (TPSA) is 29.1 Å². The Morgan fingerprint density at radius 1 is 1.58 bits per heavy atom. The van der Waals surface area contributed by atoms with Gasteiger partial charge in [0.25, 0.3) is 0 Å². The van der Waals surface area contributed by atoms with Crippen LogP contribution in [0.25, 0.3) is 0 Å². The molecule has 70 valence electrons. The summed E-state index contributed by atoms with van der Waals surface area (Å²) in [4.78, 5) is 11.4. The number of hydrogen-bond acceptors (Lipinski definition) is 1. The van der Waals surface area contributed by atoms with Crippen LogP contribution in [0, 0.1) is 0 Å². The molecular weight excluding hydrogens is 218 g/mol. The Morgan fingerprint density at radius 3 is 2.67 bits per heavy atom. The Bertz CT molecular complexity index is 155. The molecule has 0 unspecified atom stereocenters. The summed E-state index contributed by atoms with van der Waals surface area (Å²) in [5, 5.41) is 3.04. The highest BCUT2D eigenvalue weighted by molar-refractivity contribution is 9.10. The van der Waals surface area contributed by atoms with Crippen molar-refractivity contribution >= 4 is 21.8 Å². The second kappa shape index (κ2) is 4.85. The number of carbonyl (C=O) groups is 1. The number of halogens is 1. The molecule has 0 radical (unpaired) electrons. The van der Waals surface area contributed by atoms with Crippen LogP contribution in [0.5, 0.6) is 0 Å². The molecule has 1 amide bonds. The van der Waals surface area contributed by atoms with Crippen molar-refractivity contribution in [3.63, 3.8) is 0 Å². The van der Waals surface area contributed by atoms with Crippen molar-refractivity contribution in [1.82, 2.24) is 5.32 Å². The van der Waals surface area contributed by atoms with E-state index in [-0.39, 0.29) is 10.7 Å². The zero-order chi connectivity index (χ0) is 8.97. The Morgan fingerprint density at radius 2 is 2.17 bits per heavy atom. The van der Waals surface area contributed by atoms with Gasteiger partial charge in [0.1, 0.15) is 0 Å². The molecule has 0 saturated heterocycles. The van der Waals surface area contributed by atoms with Crippen molar-refractivity contribution in [2.24, 2.45) is 0 Å². The highest BCUT2D eigenvalue weighted by atomic mass is 79.9. The van der Waals surface area contributed by atoms with Gasteiger partial charge >= 0.3 is 0 Å².